The van der Waals surface area contributed by atoms with Crippen LogP contribution in [0.5, 0.6) is 5.75 Å². The second kappa shape index (κ2) is 8.91. The van der Waals surface area contributed by atoms with E-state index in [2.05, 4.69) is 15.0 Å². The SMILES string of the molecule is O=C(CN1CCN(C(=O)c2ccncc2)CC1)Nc1ccc(OC(F)(F)F)cc1. The molecule has 2 aromatic rings. The molecule has 3 rings (SSSR count). The van der Waals surface area contributed by atoms with Gasteiger partial charge in [-0.25, -0.2) is 0 Å². The van der Waals surface area contributed by atoms with E-state index in [-0.39, 0.29) is 24.1 Å². The molecule has 0 radical (unpaired) electrons. The van der Waals surface area contributed by atoms with E-state index in [1.807, 2.05) is 4.90 Å². The number of anilines is 1. The molecule has 29 heavy (non-hydrogen) atoms. The summed E-state index contributed by atoms with van der Waals surface area (Å²) >= 11 is 0. The van der Waals surface area contributed by atoms with Crippen molar-refractivity contribution >= 4 is 17.5 Å². The van der Waals surface area contributed by atoms with Crippen LogP contribution in [0.3, 0.4) is 0 Å². The number of aromatic nitrogens is 1. The molecule has 2 amide bonds. The Morgan fingerprint density at radius 1 is 1.00 bits per heavy atom. The number of halogens is 3. The van der Waals surface area contributed by atoms with Gasteiger partial charge in [-0.15, -0.1) is 13.2 Å². The first-order valence-corrected chi connectivity index (χ1v) is 8.87. The highest BCUT2D eigenvalue weighted by molar-refractivity contribution is 5.94. The predicted molar refractivity (Wildman–Crippen MR) is 98.3 cm³/mol. The molecule has 1 aromatic heterocycles. The van der Waals surface area contributed by atoms with E-state index < -0.39 is 6.36 Å². The number of hydrogen-bond donors (Lipinski definition) is 1. The van der Waals surface area contributed by atoms with E-state index in [1.165, 1.54) is 12.1 Å². The average Bonchev–Trinajstić information content (AvgIpc) is 2.69. The Balaban J connectivity index is 1.44. The van der Waals surface area contributed by atoms with Gasteiger partial charge in [0.2, 0.25) is 5.91 Å². The van der Waals surface area contributed by atoms with Gasteiger partial charge in [0.05, 0.1) is 6.54 Å². The number of rotatable bonds is 5. The number of benzene rings is 1. The number of nitrogens with one attached hydrogen (secondary N) is 1. The molecule has 154 valence electrons. The summed E-state index contributed by atoms with van der Waals surface area (Å²) in [6.45, 7) is 2.21. The van der Waals surface area contributed by atoms with Gasteiger partial charge in [-0.3, -0.25) is 19.5 Å². The van der Waals surface area contributed by atoms with Gasteiger partial charge in [-0.1, -0.05) is 0 Å². The second-order valence-electron chi connectivity index (χ2n) is 6.42. The predicted octanol–water partition coefficient (Wildman–Crippen LogP) is 2.38. The fourth-order valence-corrected chi connectivity index (χ4v) is 2.93. The lowest BCUT2D eigenvalue weighted by Crippen LogP contribution is -2.50. The van der Waals surface area contributed by atoms with Crippen molar-refractivity contribution in [2.45, 2.75) is 6.36 Å². The maximum absolute atomic E-state index is 12.4. The van der Waals surface area contributed by atoms with E-state index in [9.17, 15) is 22.8 Å². The highest BCUT2D eigenvalue weighted by Gasteiger charge is 2.31. The van der Waals surface area contributed by atoms with Gasteiger partial charge in [0.25, 0.3) is 5.91 Å². The molecule has 1 saturated heterocycles. The Bertz CT molecular complexity index is 836. The first-order chi connectivity index (χ1) is 13.8. The van der Waals surface area contributed by atoms with E-state index in [0.29, 0.717) is 37.4 Å². The van der Waals surface area contributed by atoms with E-state index in [0.717, 1.165) is 12.1 Å². The zero-order valence-corrected chi connectivity index (χ0v) is 15.4. The van der Waals surface area contributed by atoms with Crippen LogP contribution in [0.4, 0.5) is 18.9 Å². The maximum atomic E-state index is 12.4. The maximum Gasteiger partial charge on any atom is 0.573 e. The monoisotopic (exact) mass is 408 g/mol. The molecule has 0 bridgehead atoms. The summed E-state index contributed by atoms with van der Waals surface area (Å²) < 4.78 is 40.3. The topological polar surface area (TPSA) is 74.8 Å². The highest BCUT2D eigenvalue weighted by Crippen LogP contribution is 2.24. The van der Waals surface area contributed by atoms with Crippen molar-refractivity contribution in [3.63, 3.8) is 0 Å². The van der Waals surface area contributed by atoms with Crippen molar-refractivity contribution in [3.05, 3.63) is 54.4 Å². The number of piperazine rings is 1. The number of nitrogens with zero attached hydrogens (tertiary/aromatic N) is 3. The van der Waals surface area contributed by atoms with E-state index in [1.54, 1.807) is 29.4 Å². The number of hydrogen-bond acceptors (Lipinski definition) is 5. The third-order valence-electron chi connectivity index (χ3n) is 4.33. The standard InChI is InChI=1S/C19H19F3N4O3/c20-19(21,22)29-16-3-1-15(2-4-16)24-17(27)13-25-9-11-26(12-10-25)18(28)14-5-7-23-8-6-14/h1-8H,9-13H2,(H,24,27). The molecule has 0 aliphatic carbocycles. The molecule has 1 aromatic carbocycles. The zero-order valence-electron chi connectivity index (χ0n) is 15.4. The Labute approximate surface area is 165 Å². The number of carbonyl (C=O) groups is 2. The summed E-state index contributed by atoms with van der Waals surface area (Å²) in [6, 6.07) is 8.26. The smallest absolute Gasteiger partial charge is 0.406 e. The van der Waals surface area contributed by atoms with Crippen LogP contribution in [0.25, 0.3) is 0 Å². The minimum absolute atomic E-state index is 0.0716. The van der Waals surface area contributed by atoms with Gasteiger partial charge in [0.1, 0.15) is 5.75 Å². The summed E-state index contributed by atoms with van der Waals surface area (Å²) in [5, 5.41) is 2.63. The molecule has 1 aliphatic heterocycles. The summed E-state index contributed by atoms with van der Waals surface area (Å²) in [6.07, 6.45) is -1.63. The van der Waals surface area contributed by atoms with Crippen LogP contribution < -0.4 is 10.1 Å². The molecule has 1 aliphatic rings. The van der Waals surface area contributed by atoms with Crippen LogP contribution in [-0.2, 0) is 4.79 Å². The van der Waals surface area contributed by atoms with Crippen LogP contribution in [0.2, 0.25) is 0 Å². The largest absolute Gasteiger partial charge is 0.573 e. The lowest BCUT2D eigenvalue weighted by atomic mass is 10.2. The Morgan fingerprint density at radius 2 is 1.62 bits per heavy atom. The number of alkyl halides is 3. The molecular weight excluding hydrogens is 389 g/mol. The van der Waals surface area contributed by atoms with Crippen molar-refractivity contribution in [1.29, 1.82) is 0 Å². The summed E-state index contributed by atoms with van der Waals surface area (Å²) in [7, 11) is 0. The van der Waals surface area contributed by atoms with Crippen LogP contribution in [0.1, 0.15) is 10.4 Å². The summed E-state index contributed by atoms with van der Waals surface area (Å²) in [5.74, 6) is -0.716. The molecular formula is C19H19F3N4O3. The van der Waals surface area contributed by atoms with Gasteiger partial charge < -0.3 is 15.0 Å². The first kappa shape index (κ1) is 20.6. The quantitative estimate of drug-likeness (QED) is 0.822. The van der Waals surface area contributed by atoms with Crippen molar-refractivity contribution in [2.24, 2.45) is 0 Å². The lowest BCUT2D eigenvalue weighted by molar-refractivity contribution is -0.274. The van der Waals surface area contributed by atoms with Gasteiger partial charge in [0, 0.05) is 49.8 Å². The molecule has 10 heteroatoms. The minimum atomic E-state index is -4.76. The Kier molecular flexibility index (Phi) is 6.32. The Hall–Kier alpha value is -3.14. The molecule has 0 spiro atoms. The molecule has 0 unspecified atom stereocenters. The molecule has 1 N–H and O–H groups in total. The van der Waals surface area contributed by atoms with Gasteiger partial charge in [-0.2, -0.15) is 0 Å². The van der Waals surface area contributed by atoms with Crippen LogP contribution in [0.15, 0.2) is 48.8 Å². The average molecular weight is 408 g/mol. The first-order valence-electron chi connectivity index (χ1n) is 8.87. The van der Waals surface area contributed by atoms with Crippen LogP contribution >= 0.6 is 0 Å². The second-order valence-corrected chi connectivity index (χ2v) is 6.42. The van der Waals surface area contributed by atoms with Crippen LogP contribution in [0, 0.1) is 0 Å². The number of carbonyl (C=O) groups excluding carboxylic acids is 2. The summed E-state index contributed by atoms with van der Waals surface area (Å²) in [5.41, 5.74) is 0.945. The Morgan fingerprint density at radius 3 is 2.21 bits per heavy atom. The molecule has 7 nitrogen and oxygen atoms in total. The van der Waals surface area contributed by atoms with Crippen molar-refractivity contribution in [2.75, 3.05) is 38.0 Å². The molecule has 2 heterocycles. The summed E-state index contributed by atoms with van der Waals surface area (Å²) in [4.78, 5) is 32.1. The molecule has 1 fully saturated rings. The molecule has 0 saturated carbocycles. The van der Waals surface area contributed by atoms with Gasteiger partial charge in [0.15, 0.2) is 0 Å². The van der Waals surface area contributed by atoms with E-state index >= 15 is 0 Å². The highest BCUT2D eigenvalue weighted by atomic mass is 19.4. The minimum Gasteiger partial charge on any atom is -0.406 e. The van der Waals surface area contributed by atoms with Crippen molar-refractivity contribution < 1.29 is 27.5 Å². The molecule has 0 atom stereocenters. The number of ether oxygens (including phenoxy) is 1. The third-order valence-corrected chi connectivity index (χ3v) is 4.33. The van der Waals surface area contributed by atoms with E-state index in [4.69, 9.17) is 0 Å². The van der Waals surface area contributed by atoms with Gasteiger partial charge >= 0.3 is 6.36 Å². The number of pyridine rings is 1. The van der Waals surface area contributed by atoms with Gasteiger partial charge in [-0.05, 0) is 36.4 Å². The fourth-order valence-electron chi connectivity index (χ4n) is 2.93. The zero-order chi connectivity index (χ0) is 20.9. The third kappa shape index (κ3) is 6.18. The normalized spacial score (nSPS) is 15.1. The van der Waals surface area contributed by atoms with Crippen molar-refractivity contribution in [1.82, 2.24) is 14.8 Å². The lowest BCUT2D eigenvalue weighted by Gasteiger charge is -2.34. The van der Waals surface area contributed by atoms with Crippen molar-refractivity contribution in [3.8, 4) is 5.75 Å². The number of amides is 2. The van der Waals surface area contributed by atoms with Crippen LogP contribution in [-0.4, -0.2) is 65.7 Å². The fraction of sp³-hybridized carbons (Fsp3) is 0.316.